The molecule has 1 aromatic carbocycles. The van der Waals surface area contributed by atoms with Crippen LogP contribution in [0, 0.1) is 5.82 Å². The molecule has 2 heterocycles. The highest BCUT2D eigenvalue weighted by Gasteiger charge is 2.53. The van der Waals surface area contributed by atoms with E-state index in [2.05, 4.69) is 18.7 Å². The average Bonchev–Trinajstić information content (AvgIpc) is 2.96. The number of nitrogens with zero attached hydrogens (tertiary/aromatic N) is 2. The molecule has 1 spiro atoms. The Morgan fingerprint density at radius 2 is 1.96 bits per heavy atom. The fourth-order valence-electron chi connectivity index (χ4n) is 4.53. The maximum Gasteiger partial charge on any atom is 0.390 e. The molecule has 0 saturated carbocycles. The summed E-state index contributed by atoms with van der Waals surface area (Å²) in [6.07, 6.45) is -2.27. The molecule has 134 valence electrons. The molecule has 6 heteroatoms. The van der Waals surface area contributed by atoms with E-state index in [1.807, 2.05) is 11.0 Å². The topological polar surface area (TPSA) is 6.48 Å². The fourth-order valence-corrected chi connectivity index (χ4v) is 4.53. The van der Waals surface area contributed by atoms with Crippen molar-refractivity contribution in [2.24, 2.45) is 0 Å². The summed E-state index contributed by atoms with van der Waals surface area (Å²) >= 11 is 0. The first-order valence-electron chi connectivity index (χ1n) is 8.46. The molecule has 0 amide bonds. The van der Waals surface area contributed by atoms with Crippen LogP contribution < -0.4 is 4.90 Å². The third-order valence-electron chi connectivity index (χ3n) is 5.47. The molecule has 2 fully saturated rings. The number of anilines is 1. The summed E-state index contributed by atoms with van der Waals surface area (Å²) in [5, 5.41) is 0. The normalized spacial score (nSPS) is 27.3. The minimum Gasteiger partial charge on any atom is -0.364 e. The monoisotopic (exact) mass is 344 g/mol. The maximum atomic E-state index is 13.6. The highest BCUT2D eigenvalue weighted by atomic mass is 19.4. The van der Waals surface area contributed by atoms with Gasteiger partial charge in [-0.1, -0.05) is 6.07 Å². The van der Waals surface area contributed by atoms with E-state index < -0.39 is 12.6 Å². The van der Waals surface area contributed by atoms with Gasteiger partial charge in [-0.05, 0) is 57.9 Å². The zero-order valence-electron chi connectivity index (χ0n) is 14.2. The van der Waals surface area contributed by atoms with Gasteiger partial charge in [-0.15, -0.1) is 0 Å². The van der Waals surface area contributed by atoms with E-state index >= 15 is 0 Å². The summed E-state index contributed by atoms with van der Waals surface area (Å²) < 4.78 is 51.5. The lowest BCUT2D eigenvalue weighted by Gasteiger charge is -2.35. The lowest BCUT2D eigenvalue weighted by molar-refractivity contribution is -0.139. The van der Waals surface area contributed by atoms with Crippen LogP contribution in [0.4, 0.5) is 23.2 Å². The molecule has 1 aromatic rings. The van der Waals surface area contributed by atoms with E-state index in [0.29, 0.717) is 13.1 Å². The first kappa shape index (κ1) is 17.5. The van der Waals surface area contributed by atoms with Gasteiger partial charge >= 0.3 is 6.18 Å². The first-order chi connectivity index (χ1) is 11.1. The lowest BCUT2D eigenvalue weighted by atomic mass is 9.87. The van der Waals surface area contributed by atoms with Crippen LogP contribution in [-0.4, -0.2) is 41.8 Å². The Bertz CT molecular complexity index is 599. The second-order valence-corrected chi connectivity index (χ2v) is 7.74. The first-order valence-corrected chi connectivity index (χ1v) is 8.46. The van der Waals surface area contributed by atoms with E-state index in [1.54, 1.807) is 6.07 Å². The van der Waals surface area contributed by atoms with Crippen molar-refractivity contribution in [3.8, 4) is 0 Å². The quantitative estimate of drug-likeness (QED) is 0.740. The van der Waals surface area contributed by atoms with Crippen LogP contribution in [0.1, 0.15) is 39.5 Å². The maximum absolute atomic E-state index is 13.6. The molecule has 2 saturated heterocycles. The summed E-state index contributed by atoms with van der Waals surface area (Å²) in [7, 11) is 0. The second kappa shape index (κ2) is 5.90. The third kappa shape index (κ3) is 3.39. The molecule has 0 aromatic heterocycles. The summed E-state index contributed by atoms with van der Waals surface area (Å²) in [5.74, 6) is -0.287. The van der Waals surface area contributed by atoms with Crippen molar-refractivity contribution in [1.82, 2.24) is 4.90 Å². The fraction of sp³-hybridized carbons (Fsp3) is 0.667. The van der Waals surface area contributed by atoms with Crippen molar-refractivity contribution < 1.29 is 17.6 Å². The van der Waals surface area contributed by atoms with Crippen LogP contribution in [0.3, 0.4) is 0 Å². The second-order valence-electron chi connectivity index (χ2n) is 7.74. The van der Waals surface area contributed by atoms with Gasteiger partial charge in [0.05, 0.1) is 6.42 Å². The Kier molecular flexibility index (Phi) is 4.31. The summed E-state index contributed by atoms with van der Waals surface area (Å²) in [5.41, 5.74) is 0.356. The molecule has 2 nitrogen and oxygen atoms in total. The smallest absolute Gasteiger partial charge is 0.364 e. The molecule has 0 aliphatic carbocycles. The van der Waals surface area contributed by atoms with Gasteiger partial charge in [0.15, 0.2) is 0 Å². The Labute approximate surface area is 140 Å². The van der Waals surface area contributed by atoms with Crippen LogP contribution >= 0.6 is 0 Å². The number of rotatable bonds is 3. The molecule has 1 atom stereocenters. The Hall–Kier alpha value is -1.30. The van der Waals surface area contributed by atoms with Crippen molar-refractivity contribution in [2.45, 2.75) is 56.8 Å². The van der Waals surface area contributed by atoms with Gasteiger partial charge in [-0.3, -0.25) is 4.90 Å². The minimum atomic E-state index is -4.12. The van der Waals surface area contributed by atoms with Crippen molar-refractivity contribution in [2.75, 3.05) is 24.5 Å². The molecule has 0 N–H and O–H groups in total. The predicted octanol–water partition coefficient (Wildman–Crippen LogP) is 4.60. The van der Waals surface area contributed by atoms with E-state index in [4.69, 9.17) is 0 Å². The number of halogens is 4. The molecule has 0 bridgehead atoms. The molecule has 1 unspecified atom stereocenters. The summed E-state index contributed by atoms with van der Waals surface area (Å²) in [4.78, 5) is 4.17. The molecule has 0 radical (unpaired) electrons. The minimum absolute atomic E-state index is 0.0522. The van der Waals surface area contributed by atoms with Crippen molar-refractivity contribution in [1.29, 1.82) is 0 Å². The zero-order chi connectivity index (χ0) is 17.6. The number of hydrogen-bond donors (Lipinski definition) is 0. The van der Waals surface area contributed by atoms with Gasteiger partial charge in [0.1, 0.15) is 5.82 Å². The average molecular weight is 344 g/mol. The molecule has 2 aliphatic heterocycles. The van der Waals surface area contributed by atoms with Crippen LogP contribution in [0.25, 0.3) is 0 Å². The van der Waals surface area contributed by atoms with Crippen molar-refractivity contribution >= 4 is 5.69 Å². The Morgan fingerprint density at radius 1 is 1.21 bits per heavy atom. The van der Waals surface area contributed by atoms with E-state index in [0.717, 1.165) is 24.9 Å². The van der Waals surface area contributed by atoms with Gasteiger partial charge in [0, 0.05) is 29.9 Å². The Balaban J connectivity index is 1.82. The van der Waals surface area contributed by atoms with Gasteiger partial charge in [-0.25, -0.2) is 4.39 Å². The zero-order valence-corrected chi connectivity index (χ0v) is 14.2. The number of hydrogen-bond acceptors (Lipinski definition) is 2. The van der Waals surface area contributed by atoms with Crippen molar-refractivity contribution in [3.63, 3.8) is 0 Å². The molecule has 24 heavy (non-hydrogen) atoms. The molecular formula is C18H24F4N2. The number of benzene rings is 1. The largest absolute Gasteiger partial charge is 0.390 e. The Morgan fingerprint density at radius 3 is 2.62 bits per heavy atom. The SMILES string of the molecule is CC1(C)CC2(CCCN2CCC(F)(F)F)CN1c1cccc(F)c1. The van der Waals surface area contributed by atoms with Gasteiger partial charge < -0.3 is 4.90 Å². The van der Waals surface area contributed by atoms with Gasteiger partial charge in [-0.2, -0.15) is 13.2 Å². The van der Waals surface area contributed by atoms with E-state index in [-0.39, 0.29) is 23.4 Å². The van der Waals surface area contributed by atoms with Crippen LogP contribution in [0.15, 0.2) is 24.3 Å². The summed E-state index contributed by atoms with van der Waals surface area (Å²) in [6, 6.07) is 6.48. The van der Waals surface area contributed by atoms with Gasteiger partial charge in [0.25, 0.3) is 0 Å². The van der Waals surface area contributed by atoms with Crippen LogP contribution in [0.2, 0.25) is 0 Å². The van der Waals surface area contributed by atoms with Crippen molar-refractivity contribution in [3.05, 3.63) is 30.1 Å². The van der Waals surface area contributed by atoms with Crippen LogP contribution in [-0.2, 0) is 0 Å². The third-order valence-corrected chi connectivity index (χ3v) is 5.47. The van der Waals surface area contributed by atoms with E-state index in [1.165, 1.54) is 12.1 Å². The van der Waals surface area contributed by atoms with Gasteiger partial charge in [0.2, 0.25) is 0 Å². The number of alkyl halides is 3. The number of likely N-dealkylation sites (tertiary alicyclic amines) is 1. The standard InChI is InChI=1S/C18H24F4N2/c1-16(2)12-17(7-4-9-23(17)10-8-18(20,21)22)13-24(16)15-6-3-5-14(19)11-15/h3,5-6,11H,4,7-10,12-13H2,1-2H3. The molecule has 3 rings (SSSR count). The molecular weight excluding hydrogens is 320 g/mol. The lowest BCUT2D eigenvalue weighted by Crippen LogP contribution is -2.47. The van der Waals surface area contributed by atoms with E-state index in [9.17, 15) is 17.6 Å². The van der Waals surface area contributed by atoms with Crippen LogP contribution in [0.5, 0.6) is 0 Å². The highest BCUT2D eigenvalue weighted by Crippen LogP contribution is 2.47. The molecule has 2 aliphatic rings. The summed E-state index contributed by atoms with van der Waals surface area (Å²) in [6.45, 7) is 5.60. The predicted molar refractivity (Wildman–Crippen MR) is 86.7 cm³/mol. The highest BCUT2D eigenvalue weighted by molar-refractivity contribution is 5.52.